The molecule has 0 heterocycles. The average Bonchev–Trinajstić information content (AvgIpc) is 2.82. The minimum absolute atomic E-state index is 0.650. The molecule has 0 bridgehead atoms. The second-order valence-electron chi connectivity index (χ2n) is 5.58. The lowest BCUT2D eigenvalue weighted by Crippen LogP contribution is -2.29. The molecule has 1 N–H and O–H groups in total. The molecule has 102 valence electrons. The smallest absolute Gasteiger partial charge is 0.0591 e. The zero-order valence-corrected chi connectivity index (χ0v) is 11.8. The Morgan fingerprint density at radius 3 is 2.71 bits per heavy atom. The van der Waals surface area contributed by atoms with Crippen molar-refractivity contribution in [3.05, 3.63) is 0 Å². The fourth-order valence-corrected chi connectivity index (χ4v) is 2.61. The number of hydrogen-bond acceptors (Lipinski definition) is 2. The lowest BCUT2D eigenvalue weighted by Gasteiger charge is -2.14. The molecule has 0 aromatic rings. The van der Waals surface area contributed by atoms with Crippen LogP contribution in [-0.2, 0) is 4.74 Å². The van der Waals surface area contributed by atoms with Gasteiger partial charge in [0.05, 0.1) is 6.61 Å². The summed E-state index contributed by atoms with van der Waals surface area (Å²) in [5, 5.41) is 3.54. The van der Waals surface area contributed by atoms with Gasteiger partial charge in [0, 0.05) is 19.2 Å². The summed E-state index contributed by atoms with van der Waals surface area (Å²) in [6.45, 7) is 7.43. The maximum absolute atomic E-state index is 5.73. The third-order valence-electron chi connectivity index (χ3n) is 3.81. The minimum atomic E-state index is 0.650. The van der Waals surface area contributed by atoms with Gasteiger partial charge in [0.25, 0.3) is 0 Å². The van der Waals surface area contributed by atoms with E-state index in [0.717, 1.165) is 25.7 Å². The van der Waals surface area contributed by atoms with Crippen LogP contribution in [0.2, 0.25) is 0 Å². The summed E-state index contributed by atoms with van der Waals surface area (Å²) in [6.07, 6.45) is 11.0. The van der Waals surface area contributed by atoms with E-state index in [9.17, 15) is 0 Å². The van der Waals surface area contributed by atoms with Crippen LogP contribution >= 0.6 is 0 Å². The van der Waals surface area contributed by atoms with E-state index in [1.54, 1.807) is 0 Å². The molecule has 0 aromatic heterocycles. The highest BCUT2D eigenvalue weighted by Crippen LogP contribution is 2.24. The third-order valence-corrected chi connectivity index (χ3v) is 3.81. The molecule has 1 rings (SSSR count). The van der Waals surface area contributed by atoms with Crippen molar-refractivity contribution in [2.24, 2.45) is 5.92 Å². The van der Waals surface area contributed by atoms with E-state index in [4.69, 9.17) is 4.74 Å². The van der Waals surface area contributed by atoms with Gasteiger partial charge in [0.2, 0.25) is 0 Å². The van der Waals surface area contributed by atoms with Crippen LogP contribution in [0, 0.1) is 5.92 Å². The normalized spacial score (nSPS) is 18.7. The minimum Gasteiger partial charge on any atom is -0.380 e. The summed E-state index contributed by atoms with van der Waals surface area (Å²) in [5.74, 6) is 0.858. The Balaban J connectivity index is 1.82. The quantitative estimate of drug-likeness (QED) is 0.588. The molecule has 2 nitrogen and oxygen atoms in total. The van der Waals surface area contributed by atoms with E-state index >= 15 is 0 Å². The van der Waals surface area contributed by atoms with Crippen LogP contribution in [0.1, 0.15) is 65.2 Å². The van der Waals surface area contributed by atoms with Crippen molar-refractivity contribution in [3.63, 3.8) is 0 Å². The molecule has 1 aliphatic rings. The first-order valence-electron chi connectivity index (χ1n) is 7.64. The van der Waals surface area contributed by atoms with Gasteiger partial charge in [-0.1, -0.05) is 39.0 Å². The van der Waals surface area contributed by atoms with Gasteiger partial charge in [-0.15, -0.1) is 0 Å². The predicted octanol–water partition coefficient (Wildman–Crippen LogP) is 3.75. The van der Waals surface area contributed by atoms with Gasteiger partial charge in [-0.25, -0.2) is 0 Å². The Labute approximate surface area is 108 Å². The molecule has 0 aliphatic heterocycles. The van der Waals surface area contributed by atoms with Gasteiger partial charge in [-0.2, -0.15) is 0 Å². The predicted molar refractivity (Wildman–Crippen MR) is 74.4 cm³/mol. The molecule has 1 saturated carbocycles. The van der Waals surface area contributed by atoms with Crippen LogP contribution in [0.3, 0.4) is 0 Å². The van der Waals surface area contributed by atoms with Gasteiger partial charge in [-0.3, -0.25) is 0 Å². The molecular formula is C15H31NO. The summed E-state index contributed by atoms with van der Waals surface area (Å²) < 4.78 is 5.73. The number of hydrogen-bond donors (Lipinski definition) is 1. The molecule has 1 atom stereocenters. The summed E-state index contributed by atoms with van der Waals surface area (Å²) in [6, 6.07) is 0.650. The van der Waals surface area contributed by atoms with Crippen LogP contribution in [0.15, 0.2) is 0 Å². The zero-order valence-electron chi connectivity index (χ0n) is 11.8. The van der Waals surface area contributed by atoms with Crippen LogP contribution < -0.4 is 5.32 Å². The summed E-state index contributed by atoms with van der Waals surface area (Å²) in [5.41, 5.74) is 0. The molecule has 2 heteroatoms. The Kier molecular flexibility index (Phi) is 8.72. The lowest BCUT2D eigenvalue weighted by atomic mass is 10.1. The molecule has 0 aromatic carbocycles. The van der Waals surface area contributed by atoms with Crippen molar-refractivity contribution < 1.29 is 4.74 Å². The second-order valence-corrected chi connectivity index (χ2v) is 5.58. The number of nitrogens with one attached hydrogen (secondary N) is 1. The molecule has 17 heavy (non-hydrogen) atoms. The van der Waals surface area contributed by atoms with E-state index in [1.807, 2.05) is 0 Å². The SMILES string of the molecule is CCCCCC(C)NCCOCC1CCCC1. The molecular weight excluding hydrogens is 210 g/mol. The van der Waals surface area contributed by atoms with E-state index in [2.05, 4.69) is 19.2 Å². The Bertz CT molecular complexity index is 166. The van der Waals surface area contributed by atoms with Gasteiger partial charge >= 0.3 is 0 Å². The van der Waals surface area contributed by atoms with Crippen molar-refractivity contribution in [2.75, 3.05) is 19.8 Å². The highest BCUT2D eigenvalue weighted by molar-refractivity contribution is 4.66. The van der Waals surface area contributed by atoms with E-state index < -0.39 is 0 Å². The zero-order chi connectivity index (χ0) is 12.3. The Morgan fingerprint density at radius 2 is 2.00 bits per heavy atom. The van der Waals surface area contributed by atoms with Crippen molar-refractivity contribution >= 4 is 0 Å². The highest BCUT2D eigenvalue weighted by atomic mass is 16.5. The second kappa shape index (κ2) is 9.90. The molecule has 0 saturated heterocycles. The van der Waals surface area contributed by atoms with Crippen LogP contribution in [0.25, 0.3) is 0 Å². The Morgan fingerprint density at radius 1 is 1.24 bits per heavy atom. The van der Waals surface area contributed by atoms with Crippen LogP contribution in [0.4, 0.5) is 0 Å². The lowest BCUT2D eigenvalue weighted by molar-refractivity contribution is 0.101. The topological polar surface area (TPSA) is 21.3 Å². The third kappa shape index (κ3) is 7.77. The van der Waals surface area contributed by atoms with Crippen LogP contribution in [-0.4, -0.2) is 25.8 Å². The molecule has 0 radical (unpaired) electrons. The van der Waals surface area contributed by atoms with Crippen molar-refractivity contribution in [1.29, 1.82) is 0 Å². The van der Waals surface area contributed by atoms with Gasteiger partial charge < -0.3 is 10.1 Å². The van der Waals surface area contributed by atoms with E-state index in [1.165, 1.54) is 51.4 Å². The maximum Gasteiger partial charge on any atom is 0.0591 e. The summed E-state index contributed by atoms with van der Waals surface area (Å²) in [4.78, 5) is 0. The fraction of sp³-hybridized carbons (Fsp3) is 1.00. The van der Waals surface area contributed by atoms with Crippen molar-refractivity contribution in [1.82, 2.24) is 5.32 Å². The first kappa shape index (κ1) is 15.0. The van der Waals surface area contributed by atoms with Gasteiger partial charge in [-0.05, 0) is 32.1 Å². The molecule has 0 spiro atoms. The number of rotatable bonds is 10. The summed E-state index contributed by atoms with van der Waals surface area (Å²) in [7, 11) is 0. The first-order valence-corrected chi connectivity index (χ1v) is 7.64. The monoisotopic (exact) mass is 241 g/mol. The largest absolute Gasteiger partial charge is 0.380 e. The average molecular weight is 241 g/mol. The highest BCUT2D eigenvalue weighted by Gasteiger charge is 2.14. The Hall–Kier alpha value is -0.0800. The van der Waals surface area contributed by atoms with Gasteiger partial charge in [0.15, 0.2) is 0 Å². The van der Waals surface area contributed by atoms with E-state index in [0.29, 0.717) is 6.04 Å². The van der Waals surface area contributed by atoms with E-state index in [-0.39, 0.29) is 0 Å². The standard InChI is InChI=1S/C15H31NO/c1-3-4-5-8-14(2)16-11-12-17-13-15-9-6-7-10-15/h14-16H,3-13H2,1-2H3. The van der Waals surface area contributed by atoms with Crippen LogP contribution in [0.5, 0.6) is 0 Å². The number of ether oxygens (including phenoxy) is 1. The van der Waals surface area contributed by atoms with Crippen molar-refractivity contribution in [2.45, 2.75) is 71.3 Å². The molecule has 0 amide bonds. The number of unbranched alkanes of at least 4 members (excludes halogenated alkanes) is 2. The first-order chi connectivity index (χ1) is 8.33. The van der Waals surface area contributed by atoms with Gasteiger partial charge in [0.1, 0.15) is 0 Å². The molecule has 1 fully saturated rings. The maximum atomic E-state index is 5.73. The molecule has 1 unspecified atom stereocenters. The summed E-state index contributed by atoms with van der Waals surface area (Å²) >= 11 is 0. The molecule has 1 aliphatic carbocycles. The fourth-order valence-electron chi connectivity index (χ4n) is 2.61. The van der Waals surface area contributed by atoms with Crippen molar-refractivity contribution in [3.8, 4) is 0 Å².